The van der Waals surface area contributed by atoms with E-state index in [1.807, 2.05) is 11.5 Å². The highest BCUT2D eigenvalue weighted by atomic mass is 35.7. The van der Waals surface area contributed by atoms with Crippen molar-refractivity contribution < 1.29 is 0 Å². The minimum Gasteiger partial charge on any atom is -0.0755 e. The number of allylic oxidation sites excluding steroid dienone is 1. The second-order valence-electron chi connectivity index (χ2n) is 0.927. The van der Waals surface area contributed by atoms with Gasteiger partial charge in [-0.3, -0.25) is 0 Å². The van der Waals surface area contributed by atoms with Crippen LogP contribution in [0.4, 0.5) is 0 Å². The van der Waals surface area contributed by atoms with E-state index in [9.17, 15) is 0 Å². The highest BCUT2D eigenvalue weighted by Gasteiger charge is 2.00. The first-order chi connectivity index (χ1) is 3.30. The largest absolute Gasteiger partial charge is 0.0894 e. The first-order valence-corrected chi connectivity index (χ1v) is 5.40. The van der Waals surface area contributed by atoms with Gasteiger partial charge < -0.3 is 0 Å². The molecular formula is C3H2Cl2S2. The molecular weight excluding hydrogens is 171 g/mol. The zero-order valence-electron chi connectivity index (χ0n) is 3.23. The van der Waals surface area contributed by atoms with Gasteiger partial charge in [0.25, 0.3) is 0 Å². The predicted octanol–water partition coefficient (Wildman–Crippen LogP) is 2.95. The van der Waals surface area contributed by atoms with E-state index in [0.717, 1.165) is 4.32 Å². The van der Waals surface area contributed by atoms with Crippen LogP contribution in [0.1, 0.15) is 0 Å². The molecule has 0 nitrogen and oxygen atoms in total. The monoisotopic (exact) mass is 172 g/mol. The van der Waals surface area contributed by atoms with Crippen LogP contribution >= 0.6 is 41.8 Å². The van der Waals surface area contributed by atoms with Crippen LogP contribution in [0.25, 0.3) is 0 Å². The van der Waals surface area contributed by atoms with Crippen molar-refractivity contribution in [3.8, 4) is 0 Å². The van der Waals surface area contributed by atoms with Crippen molar-refractivity contribution in [1.82, 2.24) is 0 Å². The summed E-state index contributed by atoms with van der Waals surface area (Å²) in [5.41, 5.74) is 0. The third-order valence-electron chi connectivity index (χ3n) is 0.492. The Bertz CT molecular complexity index is 138. The Morgan fingerprint density at radius 2 is 2.43 bits per heavy atom. The Hall–Kier alpha value is 0.890. The summed E-state index contributed by atoms with van der Waals surface area (Å²) in [6, 6.07) is 0. The maximum absolute atomic E-state index is 5.62. The van der Waals surface area contributed by atoms with Crippen LogP contribution in [-0.4, -0.2) is 4.32 Å². The third kappa shape index (κ3) is 1.39. The van der Waals surface area contributed by atoms with Crippen LogP contribution in [0, 0.1) is 0 Å². The van der Waals surface area contributed by atoms with Gasteiger partial charge in [0.15, 0.2) is 0 Å². The van der Waals surface area contributed by atoms with Gasteiger partial charge in [0.1, 0.15) is 0 Å². The zero-order valence-corrected chi connectivity index (χ0v) is 6.37. The molecule has 0 aromatic rings. The van der Waals surface area contributed by atoms with Gasteiger partial charge in [-0.15, -0.1) is 0 Å². The molecule has 0 amide bonds. The molecule has 0 aromatic carbocycles. The minimum absolute atomic E-state index is 0.258. The molecule has 1 atom stereocenters. The molecule has 40 valence electrons. The summed E-state index contributed by atoms with van der Waals surface area (Å²) in [7, 11) is 6.91. The van der Waals surface area contributed by atoms with Crippen LogP contribution in [0.15, 0.2) is 11.5 Å². The summed E-state index contributed by atoms with van der Waals surface area (Å²) >= 11 is 5.55. The highest BCUT2D eigenvalue weighted by Crippen LogP contribution is 2.43. The topological polar surface area (TPSA) is 0 Å². The second-order valence-corrected chi connectivity index (χ2v) is 5.96. The lowest BCUT2D eigenvalue weighted by Crippen LogP contribution is -1.64. The smallest absolute Gasteiger partial charge is 0.0755 e. The molecule has 0 aromatic heterocycles. The molecule has 0 bridgehead atoms. The molecule has 1 heterocycles. The number of hydrogen-bond acceptors (Lipinski definition) is 1. The molecule has 0 spiro atoms. The van der Waals surface area contributed by atoms with Crippen molar-refractivity contribution in [2.75, 3.05) is 0 Å². The Balaban J connectivity index is 2.79. The normalized spacial score (nSPS) is 29.4. The Morgan fingerprint density at radius 1 is 1.71 bits per heavy atom. The highest BCUT2D eigenvalue weighted by molar-refractivity contribution is 8.94. The van der Waals surface area contributed by atoms with Crippen molar-refractivity contribution in [3.05, 3.63) is 11.5 Å². The summed E-state index contributed by atoms with van der Waals surface area (Å²) in [4.78, 5) is 0. The van der Waals surface area contributed by atoms with Gasteiger partial charge in [0, 0.05) is 0 Å². The lowest BCUT2D eigenvalue weighted by atomic mass is 10.8. The van der Waals surface area contributed by atoms with Crippen LogP contribution in [-0.2, 0) is 0 Å². The van der Waals surface area contributed by atoms with E-state index in [4.69, 9.17) is 22.3 Å². The van der Waals surface area contributed by atoms with Crippen LogP contribution in [0.3, 0.4) is 0 Å². The summed E-state index contributed by atoms with van der Waals surface area (Å²) in [5, 5.41) is 1.90. The Kier molecular flexibility index (Phi) is 2.10. The van der Waals surface area contributed by atoms with Crippen molar-refractivity contribution in [2.24, 2.45) is 0 Å². The molecule has 7 heavy (non-hydrogen) atoms. The van der Waals surface area contributed by atoms with Crippen molar-refractivity contribution in [1.29, 1.82) is 0 Å². The number of hydrogen-bond donors (Lipinski definition) is 0. The van der Waals surface area contributed by atoms with Gasteiger partial charge in [-0.2, -0.15) is 0 Å². The van der Waals surface area contributed by atoms with Gasteiger partial charge in [0.2, 0.25) is 0 Å². The summed E-state index contributed by atoms with van der Waals surface area (Å²) in [5.74, 6) is 0. The van der Waals surface area contributed by atoms with E-state index in [1.54, 1.807) is 10.8 Å². The molecule has 1 unspecified atom stereocenters. The fourth-order valence-corrected chi connectivity index (χ4v) is 2.77. The SMILES string of the molecule is ClC1=S(Cl)SC=C1. The van der Waals surface area contributed by atoms with Crippen molar-refractivity contribution in [3.63, 3.8) is 0 Å². The van der Waals surface area contributed by atoms with Crippen LogP contribution < -0.4 is 0 Å². The molecule has 4 heteroatoms. The quantitative estimate of drug-likeness (QED) is 0.308. The molecule has 0 radical (unpaired) electrons. The molecule has 0 N–H and O–H groups in total. The second kappa shape index (κ2) is 2.44. The maximum atomic E-state index is 5.62. The first kappa shape index (κ1) is 6.02. The average Bonchev–Trinajstić information content (AvgIpc) is 1.91. The third-order valence-corrected chi connectivity index (χ3v) is 4.98. The number of halogens is 2. The van der Waals surface area contributed by atoms with Gasteiger partial charge in [-0.25, -0.2) is 0 Å². The van der Waals surface area contributed by atoms with Gasteiger partial charge in [-0.1, -0.05) is 22.4 Å². The van der Waals surface area contributed by atoms with E-state index in [2.05, 4.69) is 0 Å². The summed E-state index contributed by atoms with van der Waals surface area (Å²) < 4.78 is 0.756. The summed E-state index contributed by atoms with van der Waals surface area (Å²) in [6.45, 7) is 0. The predicted molar refractivity (Wildman–Crippen MR) is 41.0 cm³/mol. The standard InChI is InChI=1S/C3H2Cl2S2/c4-3-1-2-6-7(3)5/h1-2H. The van der Waals surface area contributed by atoms with Gasteiger partial charge in [-0.05, 0) is 30.9 Å². The van der Waals surface area contributed by atoms with E-state index in [0.29, 0.717) is 0 Å². The Labute approximate surface area is 57.7 Å². The minimum atomic E-state index is -0.258. The van der Waals surface area contributed by atoms with Crippen molar-refractivity contribution in [2.45, 2.75) is 0 Å². The molecule has 1 aliphatic rings. The molecule has 1 aliphatic heterocycles. The lowest BCUT2D eigenvalue weighted by molar-refractivity contribution is 2.47. The maximum Gasteiger partial charge on any atom is 0.0894 e. The van der Waals surface area contributed by atoms with Gasteiger partial charge in [0.05, 0.1) is 4.32 Å². The molecule has 0 fully saturated rings. The van der Waals surface area contributed by atoms with Gasteiger partial charge >= 0.3 is 0 Å². The van der Waals surface area contributed by atoms with E-state index < -0.39 is 0 Å². The van der Waals surface area contributed by atoms with Crippen LogP contribution in [0.5, 0.6) is 0 Å². The van der Waals surface area contributed by atoms with Crippen LogP contribution in [0.2, 0.25) is 0 Å². The van der Waals surface area contributed by atoms with E-state index >= 15 is 0 Å². The zero-order chi connectivity index (χ0) is 5.28. The fraction of sp³-hybridized carbons (Fsp3) is 0. The molecule has 1 rings (SSSR count). The molecule has 0 saturated heterocycles. The molecule has 0 saturated carbocycles. The van der Waals surface area contributed by atoms with E-state index in [-0.39, 0.29) is 8.73 Å². The molecule has 0 aliphatic carbocycles. The average molecular weight is 173 g/mol. The van der Waals surface area contributed by atoms with E-state index in [1.165, 1.54) is 0 Å². The number of rotatable bonds is 0. The first-order valence-electron chi connectivity index (χ1n) is 1.57. The summed E-state index contributed by atoms with van der Waals surface area (Å²) in [6.07, 6.45) is 1.82. The lowest BCUT2D eigenvalue weighted by Gasteiger charge is -1.83. The fourth-order valence-electron chi connectivity index (χ4n) is 0.230. The van der Waals surface area contributed by atoms with Crippen molar-refractivity contribution >= 4 is 46.1 Å². The Morgan fingerprint density at radius 3 is 2.57 bits per heavy atom.